The third-order valence-electron chi connectivity index (χ3n) is 3.84. The summed E-state index contributed by atoms with van der Waals surface area (Å²) in [5, 5.41) is 4.90. The lowest BCUT2D eigenvalue weighted by Gasteiger charge is -2.33. The normalized spacial score (nSPS) is 11.2. The Labute approximate surface area is 129 Å². The van der Waals surface area contributed by atoms with Crippen molar-refractivity contribution in [3.8, 4) is 0 Å². The SMILES string of the molecule is CCN(CC)N(CCc1ccccc1)Cc1ccccc1. The lowest BCUT2D eigenvalue weighted by molar-refractivity contribution is -0.0235. The molecule has 2 rings (SSSR count). The Morgan fingerprint density at radius 2 is 1.19 bits per heavy atom. The molecule has 0 heterocycles. The first-order valence-electron chi connectivity index (χ1n) is 7.91. The number of hydrogen-bond donors (Lipinski definition) is 0. The maximum Gasteiger partial charge on any atom is 0.0384 e. The molecule has 2 aromatic carbocycles. The third-order valence-corrected chi connectivity index (χ3v) is 3.84. The number of benzene rings is 2. The van der Waals surface area contributed by atoms with E-state index in [0.717, 1.165) is 32.6 Å². The Bertz CT molecular complexity index is 491. The van der Waals surface area contributed by atoms with Crippen molar-refractivity contribution in [2.75, 3.05) is 19.6 Å². The van der Waals surface area contributed by atoms with Crippen LogP contribution in [0.25, 0.3) is 0 Å². The van der Waals surface area contributed by atoms with Crippen molar-refractivity contribution in [2.24, 2.45) is 0 Å². The molecular formula is C19H26N2. The van der Waals surface area contributed by atoms with E-state index in [1.54, 1.807) is 0 Å². The number of hydrogen-bond acceptors (Lipinski definition) is 2. The summed E-state index contributed by atoms with van der Waals surface area (Å²) in [7, 11) is 0. The molecule has 0 unspecified atom stereocenters. The topological polar surface area (TPSA) is 6.48 Å². The van der Waals surface area contributed by atoms with Gasteiger partial charge in [-0.3, -0.25) is 0 Å². The minimum atomic E-state index is 0.982. The predicted molar refractivity (Wildman–Crippen MR) is 89.9 cm³/mol. The lowest BCUT2D eigenvalue weighted by atomic mass is 10.1. The standard InChI is InChI=1S/C19H26N2/c1-3-20(4-2)21(17-19-13-9-6-10-14-19)16-15-18-11-7-5-8-12-18/h5-14H,3-4,15-17H2,1-2H3. The summed E-state index contributed by atoms with van der Waals surface area (Å²) in [6.45, 7) is 8.60. The molecule has 112 valence electrons. The van der Waals surface area contributed by atoms with E-state index in [0.29, 0.717) is 0 Å². The Balaban J connectivity index is 2.01. The van der Waals surface area contributed by atoms with Gasteiger partial charge in [-0.25, -0.2) is 10.0 Å². The van der Waals surface area contributed by atoms with E-state index in [9.17, 15) is 0 Å². The highest BCUT2D eigenvalue weighted by Gasteiger charge is 2.12. The van der Waals surface area contributed by atoms with Crippen LogP contribution in [0.3, 0.4) is 0 Å². The zero-order valence-electron chi connectivity index (χ0n) is 13.2. The molecule has 0 amide bonds. The van der Waals surface area contributed by atoms with Crippen LogP contribution >= 0.6 is 0 Å². The second kappa shape index (κ2) is 8.60. The smallest absolute Gasteiger partial charge is 0.0384 e. The van der Waals surface area contributed by atoms with Crippen LogP contribution in [0.1, 0.15) is 25.0 Å². The third kappa shape index (κ3) is 5.00. The minimum Gasteiger partial charge on any atom is -0.242 e. The molecule has 21 heavy (non-hydrogen) atoms. The summed E-state index contributed by atoms with van der Waals surface area (Å²) in [6.07, 6.45) is 1.09. The van der Waals surface area contributed by atoms with Gasteiger partial charge in [-0.15, -0.1) is 0 Å². The second-order valence-electron chi connectivity index (χ2n) is 5.25. The summed E-state index contributed by atoms with van der Waals surface area (Å²) < 4.78 is 0. The minimum absolute atomic E-state index is 0.982. The zero-order chi connectivity index (χ0) is 14.9. The zero-order valence-corrected chi connectivity index (χ0v) is 13.2. The monoisotopic (exact) mass is 282 g/mol. The van der Waals surface area contributed by atoms with Crippen LogP contribution in [0.2, 0.25) is 0 Å². The summed E-state index contributed by atoms with van der Waals surface area (Å²) in [5.41, 5.74) is 2.78. The number of hydrazine groups is 1. The summed E-state index contributed by atoms with van der Waals surface area (Å²) >= 11 is 0. The van der Waals surface area contributed by atoms with Gasteiger partial charge in [0.2, 0.25) is 0 Å². The lowest BCUT2D eigenvalue weighted by Crippen LogP contribution is -2.43. The van der Waals surface area contributed by atoms with E-state index in [1.807, 2.05) is 0 Å². The van der Waals surface area contributed by atoms with E-state index in [4.69, 9.17) is 0 Å². The van der Waals surface area contributed by atoms with Gasteiger partial charge in [-0.2, -0.15) is 0 Å². The number of rotatable bonds is 8. The van der Waals surface area contributed by atoms with Gasteiger partial charge in [0.15, 0.2) is 0 Å². The molecule has 0 aliphatic heterocycles. The van der Waals surface area contributed by atoms with E-state index < -0.39 is 0 Å². The first-order chi connectivity index (χ1) is 10.3. The van der Waals surface area contributed by atoms with Crippen LogP contribution in [0.5, 0.6) is 0 Å². The van der Waals surface area contributed by atoms with Crippen molar-refractivity contribution in [1.29, 1.82) is 0 Å². The quantitative estimate of drug-likeness (QED) is 0.676. The Kier molecular flexibility index (Phi) is 6.45. The molecule has 0 N–H and O–H groups in total. The molecule has 2 nitrogen and oxygen atoms in total. The molecule has 0 bridgehead atoms. The van der Waals surface area contributed by atoms with Crippen LogP contribution in [0, 0.1) is 0 Å². The fourth-order valence-corrected chi connectivity index (χ4v) is 2.64. The van der Waals surface area contributed by atoms with Crippen LogP contribution in [0.4, 0.5) is 0 Å². The van der Waals surface area contributed by atoms with Gasteiger partial charge in [0, 0.05) is 26.2 Å². The molecular weight excluding hydrogens is 256 g/mol. The Morgan fingerprint density at radius 3 is 1.71 bits per heavy atom. The molecule has 0 atom stereocenters. The van der Waals surface area contributed by atoms with E-state index in [2.05, 4.69) is 84.5 Å². The molecule has 2 aromatic rings. The highest BCUT2D eigenvalue weighted by atomic mass is 15.6. The van der Waals surface area contributed by atoms with Crippen LogP contribution < -0.4 is 0 Å². The highest BCUT2D eigenvalue weighted by molar-refractivity contribution is 5.16. The van der Waals surface area contributed by atoms with Crippen molar-refractivity contribution in [1.82, 2.24) is 10.0 Å². The molecule has 0 saturated carbocycles. The van der Waals surface area contributed by atoms with Gasteiger partial charge in [0.1, 0.15) is 0 Å². The summed E-state index contributed by atoms with van der Waals surface area (Å²) in [5.74, 6) is 0. The van der Waals surface area contributed by atoms with Crippen molar-refractivity contribution >= 4 is 0 Å². The van der Waals surface area contributed by atoms with Crippen molar-refractivity contribution in [2.45, 2.75) is 26.8 Å². The van der Waals surface area contributed by atoms with Crippen LogP contribution in [0.15, 0.2) is 60.7 Å². The van der Waals surface area contributed by atoms with E-state index in [1.165, 1.54) is 11.1 Å². The molecule has 0 aliphatic carbocycles. The Hall–Kier alpha value is -1.64. The fraction of sp³-hybridized carbons (Fsp3) is 0.368. The molecule has 2 heteroatoms. The first kappa shape index (κ1) is 15.7. The molecule has 0 saturated heterocycles. The van der Waals surface area contributed by atoms with Gasteiger partial charge >= 0.3 is 0 Å². The van der Waals surface area contributed by atoms with E-state index in [-0.39, 0.29) is 0 Å². The van der Waals surface area contributed by atoms with E-state index >= 15 is 0 Å². The maximum absolute atomic E-state index is 2.47. The fourth-order valence-electron chi connectivity index (χ4n) is 2.64. The van der Waals surface area contributed by atoms with Crippen molar-refractivity contribution in [3.63, 3.8) is 0 Å². The summed E-state index contributed by atoms with van der Waals surface area (Å²) in [6, 6.07) is 21.5. The predicted octanol–water partition coefficient (Wildman–Crippen LogP) is 3.99. The first-order valence-corrected chi connectivity index (χ1v) is 7.91. The van der Waals surface area contributed by atoms with Gasteiger partial charge in [-0.1, -0.05) is 74.5 Å². The van der Waals surface area contributed by atoms with Crippen molar-refractivity contribution < 1.29 is 0 Å². The van der Waals surface area contributed by atoms with Gasteiger partial charge in [0.25, 0.3) is 0 Å². The maximum atomic E-state index is 2.47. The largest absolute Gasteiger partial charge is 0.242 e. The second-order valence-corrected chi connectivity index (χ2v) is 5.25. The average molecular weight is 282 g/mol. The van der Waals surface area contributed by atoms with Crippen molar-refractivity contribution in [3.05, 3.63) is 71.8 Å². The Morgan fingerprint density at radius 1 is 0.667 bits per heavy atom. The molecule has 0 fully saturated rings. The molecule has 0 radical (unpaired) electrons. The molecule has 0 aliphatic rings. The summed E-state index contributed by atoms with van der Waals surface area (Å²) in [4.78, 5) is 0. The number of nitrogens with zero attached hydrogens (tertiary/aromatic N) is 2. The van der Waals surface area contributed by atoms with Gasteiger partial charge < -0.3 is 0 Å². The highest BCUT2D eigenvalue weighted by Crippen LogP contribution is 2.10. The van der Waals surface area contributed by atoms with Gasteiger partial charge in [0.05, 0.1) is 0 Å². The average Bonchev–Trinajstić information content (AvgIpc) is 2.55. The van der Waals surface area contributed by atoms with Crippen LogP contribution in [-0.2, 0) is 13.0 Å². The molecule has 0 aromatic heterocycles. The van der Waals surface area contributed by atoms with Crippen LogP contribution in [-0.4, -0.2) is 29.7 Å². The molecule has 0 spiro atoms. The van der Waals surface area contributed by atoms with Gasteiger partial charge in [-0.05, 0) is 17.5 Å².